The van der Waals surface area contributed by atoms with E-state index in [9.17, 15) is 24.6 Å². The van der Waals surface area contributed by atoms with E-state index in [2.05, 4.69) is 21.2 Å². The van der Waals surface area contributed by atoms with Gasteiger partial charge in [0.15, 0.2) is 11.5 Å². The number of rotatable bonds is 9. The van der Waals surface area contributed by atoms with Gasteiger partial charge in [0.2, 0.25) is 0 Å². The van der Waals surface area contributed by atoms with Crippen LogP contribution in [0.1, 0.15) is 18.1 Å². The van der Waals surface area contributed by atoms with Crippen molar-refractivity contribution in [1.82, 2.24) is 0 Å². The number of hydrogen-bond acceptors (Lipinski definition) is 6. The van der Waals surface area contributed by atoms with Gasteiger partial charge in [-0.1, -0.05) is 24.3 Å². The van der Waals surface area contributed by atoms with Crippen LogP contribution in [0.25, 0.3) is 6.08 Å². The van der Waals surface area contributed by atoms with Crippen LogP contribution in [-0.2, 0) is 11.4 Å². The van der Waals surface area contributed by atoms with Crippen molar-refractivity contribution in [1.29, 1.82) is 5.26 Å². The quantitative estimate of drug-likeness (QED) is 0.154. The number of amides is 1. The molecule has 0 saturated heterocycles. The zero-order chi connectivity index (χ0) is 25.4. The summed E-state index contributed by atoms with van der Waals surface area (Å²) < 4.78 is 25.9. The number of hydrogen-bond donors (Lipinski definition) is 1. The van der Waals surface area contributed by atoms with Crippen molar-refractivity contribution in [3.8, 4) is 17.6 Å². The lowest BCUT2D eigenvalue weighted by molar-refractivity contribution is -0.384. The highest BCUT2D eigenvalue weighted by molar-refractivity contribution is 9.10. The molecule has 1 amide bonds. The normalized spacial score (nSPS) is 10.9. The molecule has 0 aliphatic carbocycles. The van der Waals surface area contributed by atoms with Gasteiger partial charge in [-0.25, -0.2) is 4.39 Å². The van der Waals surface area contributed by atoms with Crippen LogP contribution in [0.5, 0.6) is 11.5 Å². The van der Waals surface area contributed by atoms with Crippen LogP contribution in [0.15, 0.2) is 70.7 Å². The second-order valence-electron chi connectivity index (χ2n) is 7.07. The summed E-state index contributed by atoms with van der Waals surface area (Å²) in [7, 11) is 0. The highest BCUT2D eigenvalue weighted by Crippen LogP contribution is 2.38. The minimum Gasteiger partial charge on any atom is -0.490 e. The number of nitriles is 1. The zero-order valence-corrected chi connectivity index (χ0v) is 20.0. The van der Waals surface area contributed by atoms with Crippen molar-refractivity contribution in [3.05, 3.63) is 97.8 Å². The molecule has 0 saturated carbocycles. The summed E-state index contributed by atoms with van der Waals surface area (Å²) in [6, 6.07) is 16.7. The van der Waals surface area contributed by atoms with Crippen molar-refractivity contribution in [2.24, 2.45) is 0 Å². The molecule has 0 heterocycles. The minimum atomic E-state index is -0.734. The number of anilines is 1. The van der Waals surface area contributed by atoms with Gasteiger partial charge in [0, 0.05) is 23.4 Å². The first kappa shape index (κ1) is 25.4. The molecular weight excluding hydrogens is 521 g/mol. The van der Waals surface area contributed by atoms with Crippen molar-refractivity contribution in [3.63, 3.8) is 0 Å². The monoisotopic (exact) mass is 539 g/mol. The molecule has 178 valence electrons. The molecular formula is C25H19BrFN3O5. The predicted molar refractivity (Wildman–Crippen MR) is 131 cm³/mol. The first-order chi connectivity index (χ1) is 16.8. The summed E-state index contributed by atoms with van der Waals surface area (Å²) >= 11 is 3.41. The van der Waals surface area contributed by atoms with Gasteiger partial charge >= 0.3 is 0 Å². The van der Waals surface area contributed by atoms with Crippen LogP contribution in [0, 0.1) is 27.3 Å². The van der Waals surface area contributed by atoms with Gasteiger partial charge in [0.1, 0.15) is 24.1 Å². The first-order valence-electron chi connectivity index (χ1n) is 10.3. The summed E-state index contributed by atoms with van der Waals surface area (Å²) in [6.45, 7) is 2.06. The van der Waals surface area contributed by atoms with E-state index in [1.807, 2.05) is 6.07 Å². The molecule has 3 aromatic carbocycles. The van der Waals surface area contributed by atoms with Crippen molar-refractivity contribution in [2.45, 2.75) is 13.5 Å². The van der Waals surface area contributed by atoms with E-state index in [0.29, 0.717) is 33.7 Å². The van der Waals surface area contributed by atoms with E-state index < -0.39 is 16.6 Å². The number of ether oxygens (including phenoxy) is 2. The number of nitro benzene ring substituents is 1. The third kappa shape index (κ3) is 6.65. The van der Waals surface area contributed by atoms with Crippen molar-refractivity contribution >= 4 is 39.3 Å². The number of non-ortho nitro benzene ring substituents is 1. The van der Waals surface area contributed by atoms with Gasteiger partial charge in [-0.15, -0.1) is 0 Å². The molecule has 3 aromatic rings. The Labute approximate surface area is 208 Å². The Kier molecular flexibility index (Phi) is 8.53. The van der Waals surface area contributed by atoms with Crippen LogP contribution < -0.4 is 14.8 Å². The van der Waals surface area contributed by atoms with Crippen LogP contribution in [0.4, 0.5) is 15.8 Å². The smallest absolute Gasteiger partial charge is 0.271 e. The number of halogens is 2. The molecule has 8 nitrogen and oxygen atoms in total. The molecule has 0 unspecified atom stereocenters. The Balaban J connectivity index is 1.85. The summed E-state index contributed by atoms with van der Waals surface area (Å²) in [6.07, 6.45) is 1.35. The Hall–Kier alpha value is -4.23. The molecule has 0 spiro atoms. The third-order valence-electron chi connectivity index (χ3n) is 4.65. The molecule has 0 aromatic heterocycles. The largest absolute Gasteiger partial charge is 0.490 e. The molecule has 0 aliphatic heterocycles. The van der Waals surface area contributed by atoms with Gasteiger partial charge in [0.25, 0.3) is 11.6 Å². The minimum absolute atomic E-state index is 0.0321. The predicted octanol–water partition coefficient (Wildman–Crippen LogP) is 6.02. The maximum absolute atomic E-state index is 13.9. The molecule has 0 atom stereocenters. The Bertz CT molecular complexity index is 1340. The van der Waals surface area contributed by atoms with Crippen molar-refractivity contribution in [2.75, 3.05) is 11.9 Å². The lowest BCUT2D eigenvalue weighted by atomic mass is 10.1. The molecule has 0 bridgehead atoms. The Morgan fingerprint density at radius 1 is 1.20 bits per heavy atom. The molecule has 0 radical (unpaired) electrons. The molecule has 35 heavy (non-hydrogen) atoms. The van der Waals surface area contributed by atoms with E-state index in [4.69, 9.17) is 9.47 Å². The molecule has 1 N–H and O–H groups in total. The highest BCUT2D eigenvalue weighted by Gasteiger charge is 2.16. The first-order valence-corrected chi connectivity index (χ1v) is 11.1. The zero-order valence-electron chi connectivity index (χ0n) is 18.5. The SMILES string of the molecule is CCOc1cc(C=C(C#N)C(=O)Nc2cccc([N+](=O)[O-])c2)cc(Br)c1OCc1ccccc1F. The average molecular weight is 540 g/mol. The van der Waals surface area contributed by atoms with Crippen LogP contribution in [0.2, 0.25) is 0 Å². The number of carbonyl (C=O) groups excluding carboxylic acids is 1. The van der Waals surface area contributed by atoms with Gasteiger partial charge in [-0.05, 0) is 58.8 Å². The Morgan fingerprint density at radius 3 is 2.66 bits per heavy atom. The van der Waals surface area contributed by atoms with Gasteiger partial charge in [-0.2, -0.15) is 5.26 Å². The lowest BCUT2D eigenvalue weighted by Crippen LogP contribution is -2.13. The average Bonchev–Trinajstić information content (AvgIpc) is 2.83. The number of nitrogens with zero attached hydrogens (tertiary/aromatic N) is 2. The van der Waals surface area contributed by atoms with E-state index >= 15 is 0 Å². The lowest BCUT2D eigenvalue weighted by Gasteiger charge is -2.15. The van der Waals surface area contributed by atoms with E-state index in [-0.39, 0.29) is 23.6 Å². The van der Waals surface area contributed by atoms with Crippen LogP contribution in [0.3, 0.4) is 0 Å². The van der Waals surface area contributed by atoms with Gasteiger partial charge in [-0.3, -0.25) is 14.9 Å². The van der Waals surface area contributed by atoms with E-state index in [1.54, 1.807) is 37.3 Å². The fourth-order valence-electron chi connectivity index (χ4n) is 3.05. The van der Waals surface area contributed by atoms with Crippen LogP contribution in [-0.4, -0.2) is 17.4 Å². The maximum atomic E-state index is 13.9. The standard InChI is InChI=1S/C25H19BrFN3O5/c1-2-34-23-12-16(11-21(26)24(23)35-15-17-6-3-4-9-22(17)27)10-18(14-28)25(31)29-19-7-5-8-20(13-19)30(32)33/h3-13H,2,15H2,1H3,(H,29,31). The fraction of sp³-hybridized carbons (Fsp3) is 0.120. The molecule has 10 heteroatoms. The second kappa shape index (κ2) is 11.8. The Morgan fingerprint density at radius 2 is 1.97 bits per heavy atom. The van der Waals surface area contributed by atoms with Gasteiger partial charge < -0.3 is 14.8 Å². The summed E-state index contributed by atoms with van der Waals surface area (Å²) in [5.74, 6) is -0.454. The molecule has 3 rings (SSSR count). The number of nitrogens with one attached hydrogen (secondary N) is 1. The summed E-state index contributed by atoms with van der Waals surface area (Å²) in [4.78, 5) is 23.0. The summed E-state index contributed by atoms with van der Waals surface area (Å²) in [5, 5.41) is 22.9. The maximum Gasteiger partial charge on any atom is 0.271 e. The van der Waals surface area contributed by atoms with E-state index in [0.717, 1.165) is 0 Å². The third-order valence-corrected chi connectivity index (χ3v) is 5.24. The van der Waals surface area contributed by atoms with E-state index in [1.165, 1.54) is 36.4 Å². The number of carbonyl (C=O) groups is 1. The fourth-order valence-corrected chi connectivity index (χ4v) is 3.62. The summed E-state index contributed by atoms with van der Waals surface area (Å²) in [5.41, 5.74) is 0.588. The molecule has 0 fully saturated rings. The number of nitro groups is 1. The van der Waals surface area contributed by atoms with Gasteiger partial charge in [0.05, 0.1) is 16.0 Å². The highest BCUT2D eigenvalue weighted by atomic mass is 79.9. The number of benzene rings is 3. The topological polar surface area (TPSA) is 114 Å². The van der Waals surface area contributed by atoms with Crippen molar-refractivity contribution < 1.29 is 23.6 Å². The second-order valence-corrected chi connectivity index (χ2v) is 7.93. The van der Waals surface area contributed by atoms with Crippen LogP contribution >= 0.6 is 15.9 Å². The molecule has 0 aliphatic rings.